The molecule has 33 heavy (non-hydrogen) atoms. The number of rotatable bonds is 5. The molecule has 0 amide bonds. The maximum absolute atomic E-state index is 13.2. The molecule has 3 nitrogen and oxygen atoms in total. The van der Waals surface area contributed by atoms with E-state index in [1.807, 2.05) is 6.08 Å². The molecule has 0 heterocycles. The van der Waals surface area contributed by atoms with Crippen LogP contribution in [0, 0.1) is 40.4 Å². The Morgan fingerprint density at radius 3 is 2.52 bits per heavy atom. The summed E-state index contributed by atoms with van der Waals surface area (Å²) < 4.78 is 6.37. The predicted molar refractivity (Wildman–Crippen MR) is 132 cm³/mol. The zero-order valence-electron chi connectivity index (χ0n) is 21.4. The lowest BCUT2D eigenvalue weighted by atomic mass is 9.47. The van der Waals surface area contributed by atoms with Crippen molar-refractivity contribution in [3.05, 3.63) is 11.6 Å². The van der Waals surface area contributed by atoms with Crippen LogP contribution in [0.25, 0.3) is 0 Å². The first-order chi connectivity index (χ1) is 15.8. The lowest BCUT2D eigenvalue weighted by molar-refractivity contribution is -0.166. The molecule has 4 fully saturated rings. The summed E-state index contributed by atoms with van der Waals surface area (Å²) in [4.78, 5) is 25.3. The van der Waals surface area contributed by atoms with E-state index < -0.39 is 0 Å². The molecule has 0 radical (unpaired) electrons. The first-order valence-electron chi connectivity index (χ1n) is 14.3. The van der Waals surface area contributed by atoms with Crippen LogP contribution in [0.5, 0.6) is 0 Å². The Hall–Kier alpha value is -1.12. The van der Waals surface area contributed by atoms with Crippen LogP contribution >= 0.6 is 0 Å². The van der Waals surface area contributed by atoms with Gasteiger partial charge in [-0.05, 0) is 106 Å². The summed E-state index contributed by atoms with van der Waals surface area (Å²) in [5.74, 6) is 3.55. The number of carbonyl (C=O) groups is 2. The van der Waals surface area contributed by atoms with Crippen molar-refractivity contribution in [1.29, 1.82) is 0 Å². The SMILES string of the molecule is CCCC[C@H]1CC[C@H](C(=O)O[C@H]2CC[C@H]3[C@@H]4CCC5=CC(=O)CC[C@]5(C)[C@H]4CC[C@]23C)CC1. The standard InChI is InChI=1S/C30H46O3/c1-4-5-6-20-7-9-21(10-8-20)28(32)33-27-14-13-25-24-12-11-22-19-23(31)15-17-29(22,2)26(24)16-18-30(25,27)3/h19-21,24-27H,4-18H2,1-3H3/t20-,21-,24-,25-,26-,27-,29-,30-/m0/s1. The lowest BCUT2D eigenvalue weighted by Gasteiger charge is -2.57. The van der Waals surface area contributed by atoms with Gasteiger partial charge in [0.2, 0.25) is 0 Å². The topological polar surface area (TPSA) is 43.4 Å². The van der Waals surface area contributed by atoms with Crippen LogP contribution in [0.2, 0.25) is 0 Å². The Balaban J connectivity index is 1.22. The Bertz CT molecular complexity index is 790. The third kappa shape index (κ3) is 4.14. The fraction of sp³-hybridized carbons (Fsp3) is 0.867. The van der Waals surface area contributed by atoms with E-state index in [1.165, 1.54) is 63.4 Å². The van der Waals surface area contributed by atoms with Gasteiger partial charge in [-0.2, -0.15) is 0 Å². The molecule has 0 N–H and O–H groups in total. The second-order valence-electron chi connectivity index (χ2n) is 12.9. The minimum atomic E-state index is 0.115. The Labute approximate surface area is 201 Å². The van der Waals surface area contributed by atoms with E-state index >= 15 is 0 Å². The van der Waals surface area contributed by atoms with Gasteiger partial charge in [-0.25, -0.2) is 0 Å². The highest BCUT2D eigenvalue weighted by molar-refractivity contribution is 5.91. The third-order valence-electron chi connectivity index (χ3n) is 11.3. The molecular formula is C30H46O3. The van der Waals surface area contributed by atoms with Crippen LogP contribution in [-0.2, 0) is 14.3 Å². The number of carbonyl (C=O) groups excluding carboxylic acids is 2. The molecular weight excluding hydrogens is 408 g/mol. The summed E-state index contributed by atoms with van der Waals surface area (Å²) in [6.07, 6.45) is 19.3. The molecule has 0 bridgehead atoms. The summed E-state index contributed by atoms with van der Waals surface area (Å²) in [5, 5.41) is 0. The molecule has 3 heteroatoms. The van der Waals surface area contributed by atoms with Gasteiger partial charge < -0.3 is 4.74 Å². The normalized spacial score (nSPS) is 44.9. The quantitative estimate of drug-likeness (QED) is 0.406. The monoisotopic (exact) mass is 454 g/mol. The molecule has 0 aromatic carbocycles. The fourth-order valence-electron chi connectivity index (χ4n) is 9.12. The van der Waals surface area contributed by atoms with E-state index in [4.69, 9.17) is 4.74 Å². The van der Waals surface area contributed by atoms with Gasteiger partial charge in [0.05, 0.1) is 5.92 Å². The van der Waals surface area contributed by atoms with Gasteiger partial charge in [0.1, 0.15) is 6.10 Å². The Kier molecular flexibility index (Phi) is 6.55. The molecule has 0 unspecified atom stereocenters. The summed E-state index contributed by atoms with van der Waals surface area (Å²) in [6, 6.07) is 0. The van der Waals surface area contributed by atoms with E-state index in [-0.39, 0.29) is 28.8 Å². The van der Waals surface area contributed by atoms with E-state index in [0.717, 1.165) is 50.4 Å². The van der Waals surface area contributed by atoms with Crippen molar-refractivity contribution in [3.8, 4) is 0 Å². The minimum absolute atomic E-state index is 0.115. The summed E-state index contributed by atoms with van der Waals surface area (Å²) >= 11 is 0. The van der Waals surface area contributed by atoms with Crippen molar-refractivity contribution in [3.63, 3.8) is 0 Å². The molecule has 0 aromatic heterocycles. The molecule has 5 aliphatic rings. The average Bonchev–Trinajstić information content (AvgIpc) is 3.14. The van der Waals surface area contributed by atoms with Crippen molar-refractivity contribution in [2.75, 3.05) is 0 Å². The van der Waals surface area contributed by atoms with Gasteiger partial charge in [0.25, 0.3) is 0 Å². The van der Waals surface area contributed by atoms with Gasteiger partial charge >= 0.3 is 5.97 Å². The fourth-order valence-corrected chi connectivity index (χ4v) is 9.12. The van der Waals surface area contributed by atoms with Gasteiger partial charge in [0, 0.05) is 11.8 Å². The molecule has 184 valence electrons. The second-order valence-corrected chi connectivity index (χ2v) is 12.9. The van der Waals surface area contributed by atoms with Gasteiger partial charge in [0.15, 0.2) is 5.78 Å². The van der Waals surface area contributed by atoms with Crippen LogP contribution in [-0.4, -0.2) is 17.9 Å². The Morgan fingerprint density at radius 1 is 0.970 bits per heavy atom. The summed E-state index contributed by atoms with van der Waals surface area (Å²) in [5.41, 5.74) is 1.82. The van der Waals surface area contributed by atoms with Crippen LogP contribution in [0.3, 0.4) is 0 Å². The molecule has 6 atom stereocenters. The molecule has 0 saturated heterocycles. The number of ether oxygens (including phenoxy) is 1. The number of allylic oxidation sites excluding steroid dienone is 1. The molecule has 5 aliphatic carbocycles. The van der Waals surface area contributed by atoms with Crippen molar-refractivity contribution in [1.82, 2.24) is 0 Å². The number of unbranched alkanes of at least 4 members (excludes halogenated alkanes) is 1. The molecule has 0 aromatic rings. The molecule has 4 saturated carbocycles. The minimum Gasteiger partial charge on any atom is -0.462 e. The predicted octanol–water partition coefficient (Wildman–Crippen LogP) is 7.43. The highest BCUT2D eigenvalue weighted by atomic mass is 16.5. The Morgan fingerprint density at radius 2 is 1.76 bits per heavy atom. The maximum atomic E-state index is 13.2. The third-order valence-corrected chi connectivity index (χ3v) is 11.3. The number of esters is 1. The number of hydrogen-bond donors (Lipinski definition) is 0. The van der Waals surface area contributed by atoms with Crippen molar-refractivity contribution in [2.24, 2.45) is 40.4 Å². The van der Waals surface area contributed by atoms with E-state index in [9.17, 15) is 9.59 Å². The zero-order valence-corrected chi connectivity index (χ0v) is 21.4. The van der Waals surface area contributed by atoms with Crippen molar-refractivity contribution >= 4 is 11.8 Å². The highest BCUT2D eigenvalue weighted by Crippen LogP contribution is 2.65. The van der Waals surface area contributed by atoms with Crippen molar-refractivity contribution < 1.29 is 14.3 Å². The summed E-state index contributed by atoms with van der Waals surface area (Å²) in [7, 11) is 0. The largest absolute Gasteiger partial charge is 0.462 e. The van der Waals surface area contributed by atoms with Crippen LogP contribution in [0.1, 0.15) is 117 Å². The van der Waals surface area contributed by atoms with E-state index in [0.29, 0.717) is 17.6 Å². The number of ketones is 1. The van der Waals surface area contributed by atoms with E-state index in [1.54, 1.807) is 0 Å². The maximum Gasteiger partial charge on any atom is 0.309 e. The molecule has 5 rings (SSSR count). The zero-order chi connectivity index (χ0) is 23.2. The van der Waals surface area contributed by atoms with Crippen molar-refractivity contribution in [2.45, 2.75) is 123 Å². The van der Waals surface area contributed by atoms with Crippen LogP contribution < -0.4 is 0 Å². The number of hydrogen-bond acceptors (Lipinski definition) is 3. The van der Waals surface area contributed by atoms with Crippen LogP contribution in [0.15, 0.2) is 11.6 Å². The lowest BCUT2D eigenvalue weighted by Crippen LogP contribution is -2.51. The first-order valence-corrected chi connectivity index (χ1v) is 14.3. The van der Waals surface area contributed by atoms with Gasteiger partial charge in [-0.1, -0.05) is 45.6 Å². The number of fused-ring (bicyclic) bond motifs is 5. The summed E-state index contributed by atoms with van der Waals surface area (Å²) in [6.45, 7) is 7.16. The molecule has 0 spiro atoms. The van der Waals surface area contributed by atoms with Gasteiger partial charge in [-0.3, -0.25) is 9.59 Å². The molecule has 0 aliphatic heterocycles. The highest BCUT2D eigenvalue weighted by Gasteiger charge is 2.60. The van der Waals surface area contributed by atoms with E-state index in [2.05, 4.69) is 20.8 Å². The van der Waals surface area contributed by atoms with Gasteiger partial charge in [-0.15, -0.1) is 0 Å². The second kappa shape index (κ2) is 9.15. The smallest absolute Gasteiger partial charge is 0.309 e. The first kappa shape index (κ1) is 23.6. The van der Waals surface area contributed by atoms with Crippen LogP contribution in [0.4, 0.5) is 0 Å². The average molecular weight is 455 g/mol.